The van der Waals surface area contributed by atoms with Gasteiger partial charge in [-0.3, -0.25) is 34.0 Å². The summed E-state index contributed by atoms with van der Waals surface area (Å²) >= 11 is 5.77. The monoisotopic (exact) mass is 579 g/mol. The zero-order valence-corrected chi connectivity index (χ0v) is 21.9. The molecule has 0 amide bonds. The van der Waals surface area contributed by atoms with Crippen molar-refractivity contribution in [3.63, 3.8) is 0 Å². The molecule has 3 aromatic heterocycles. The molecule has 0 bridgehead atoms. The number of H-pyrrole nitrogens is 1. The molecule has 0 spiro atoms. The maximum absolute atomic E-state index is 13.6. The van der Waals surface area contributed by atoms with E-state index in [1.165, 1.54) is 16.7 Å². The highest BCUT2D eigenvalue weighted by Gasteiger charge is 2.50. The van der Waals surface area contributed by atoms with Gasteiger partial charge in [-0.1, -0.05) is 24.6 Å². The summed E-state index contributed by atoms with van der Waals surface area (Å²) in [5.74, 6) is -1.93. The van der Waals surface area contributed by atoms with Crippen LogP contribution < -0.4 is 16.8 Å². The number of fused-ring (bicyclic) bond motifs is 5. The molecular weight excluding hydrogens is 562 g/mol. The van der Waals surface area contributed by atoms with Gasteiger partial charge < -0.3 is 14.0 Å². The van der Waals surface area contributed by atoms with Crippen molar-refractivity contribution in [1.82, 2.24) is 19.1 Å². The number of rotatable bonds is 5. The van der Waals surface area contributed by atoms with Crippen molar-refractivity contribution in [2.24, 2.45) is 0 Å². The Balaban J connectivity index is 1.46. The molecule has 0 aliphatic carbocycles. The van der Waals surface area contributed by atoms with E-state index in [2.05, 4.69) is 4.98 Å². The first-order valence-corrected chi connectivity index (χ1v) is 12.6. The molecule has 208 valence electrons. The number of hydrogen-bond donors (Lipinski definition) is 1. The van der Waals surface area contributed by atoms with Gasteiger partial charge in [0.2, 0.25) is 5.60 Å². The van der Waals surface area contributed by atoms with Crippen LogP contribution in [0.5, 0.6) is 0 Å². The van der Waals surface area contributed by atoms with E-state index in [-0.39, 0.29) is 41.4 Å². The van der Waals surface area contributed by atoms with E-state index >= 15 is 0 Å². The van der Waals surface area contributed by atoms with Crippen LogP contribution in [-0.2, 0) is 44.4 Å². The summed E-state index contributed by atoms with van der Waals surface area (Å²) in [4.78, 5) is 81.1. The summed E-state index contributed by atoms with van der Waals surface area (Å²) in [5, 5.41) is 11.5. The fraction of sp³-hybridized carbons (Fsp3) is 0.231. The van der Waals surface area contributed by atoms with Crippen LogP contribution in [-0.4, -0.2) is 36.0 Å². The standard InChI is InChI=1S/C26H18ClN5O9/c1-2-26(41-20(33)10-30-9-16(27)22(34)29-25(30)37)15-7-19-21-12(8-31(19)23(35)14(15)11-40-24(26)36)6-13-17(28-21)4-3-5-18(13)32(38)39/h3-7,9H,2,8,10-11H2,1H3,(H,29,34,37)/t26-/m0/s1. The number of nitrogens with one attached hydrogen (secondary N) is 1. The minimum Gasteiger partial charge on any atom is -0.457 e. The van der Waals surface area contributed by atoms with Crippen molar-refractivity contribution in [2.75, 3.05) is 0 Å². The van der Waals surface area contributed by atoms with E-state index in [1.54, 1.807) is 25.1 Å². The minimum absolute atomic E-state index is 0.0779. The first-order valence-electron chi connectivity index (χ1n) is 12.3. The molecule has 2 aliphatic heterocycles. The third-order valence-corrected chi connectivity index (χ3v) is 7.52. The minimum atomic E-state index is -2.02. The number of benzene rings is 1. The average molecular weight is 580 g/mol. The Morgan fingerprint density at radius 3 is 2.78 bits per heavy atom. The Morgan fingerprint density at radius 2 is 2.05 bits per heavy atom. The number of nitro benzene ring substituents is 1. The highest BCUT2D eigenvalue weighted by Crippen LogP contribution is 2.41. The highest BCUT2D eigenvalue weighted by molar-refractivity contribution is 6.30. The number of pyridine rings is 2. The maximum atomic E-state index is 13.6. The van der Waals surface area contributed by atoms with Crippen molar-refractivity contribution < 1.29 is 24.0 Å². The number of halogens is 1. The first-order chi connectivity index (χ1) is 19.5. The number of non-ortho nitro benzene ring substituents is 1. The summed E-state index contributed by atoms with van der Waals surface area (Å²) in [5.41, 5.74) is -2.56. The number of carbonyl (C=O) groups is 2. The van der Waals surface area contributed by atoms with Crippen LogP contribution in [0.25, 0.3) is 22.3 Å². The summed E-state index contributed by atoms with van der Waals surface area (Å²) in [7, 11) is 0. The molecule has 1 atom stereocenters. The van der Waals surface area contributed by atoms with Crippen molar-refractivity contribution >= 4 is 40.1 Å². The predicted octanol–water partition coefficient (Wildman–Crippen LogP) is 1.74. The van der Waals surface area contributed by atoms with Gasteiger partial charge in [0, 0.05) is 23.4 Å². The maximum Gasteiger partial charge on any atom is 0.355 e. The molecule has 2 aliphatic rings. The van der Waals surface area contributed by atoms with E-state index < -0.39 is 45.8 Å². The van der Waals surface area contributed by atoms with E-state index in [9.17, 15) is 34.1 Å². The molecule has 0 fully saturated rings. The summed E-state index contributed by atoms with van der Waals surface area (Å²) in [6.07, 6.45) is 0.852. The number of ether oxygens (including phenoxy) is 2. The lowest BCUT2D eigenvalue weighted by molar-refractivity contribution is -0.383. The summed E-state index contributed by atoms with van der Waals surface area (Å²) in [6.45, 7) is 0.586. The lowest BCUT2D eigenvalue weighted by atomic mass is 9.85. The van der Waals surface area contributed by atoms with Crippen LogP contribution in [0.1, 0.15) is 30.0 Å². The van der Waals surface area contributed by atoms with Crippen molar-refractivity contribution in [3.8, 4) is 11.4 Å². The van der Waals surface area contributed by atoms with Crippen LogP contribution in [0.2, 0.25) is 5.02 Å². The van der Waals surface area contributed by atoms with Gasteiger partial charge in [0.1, 0.15) is 18.2 Å². The van der Waals surface area contributed by atoms with E-state index in [0.717, 1.165) is 10.8 Å². The number of cyclic esters (lactones) is 1. The molecule has 14 nitrogen and oxygen atoms in total. The van der Waals surface area contributed by atoms with Crippen LogP contribution in [0, 0.1) is 10.1 Å². The lowest BCUT2D eigenvalue weighted by Gasteiger charge is -2.35. The zero-order valence-electron chi connectivity index (χ0n) is 21.1. The topological polar surface area (TPSA) is 185 Å². The second-order valence-electron chi connectivity index (χ2n) is 9.51. The quantitative estimate of drug-likeness (QED) is 0.183. The van der Waals surface area contributed by atoms with E-state index in [1.807, 2.05) is 4.98 Å². The number of hydrogen-bond acceptors (Lipinski definition) is 10. The van der Waals surface area contributed by atoms with Crippen LogP contribution >= 0.6 is 11.6 Å². The second-order valence-corrected chi connectivity index (χ2v) is 9.91. The highest BCUT2D eigenvalue weighted by atomic mass is 35.5. The molecule has 0 saturated heterocycles. The van der Waals surface area contributed by atoms with E-state index in [0.29, 0.717) is 27.9 Å². The summed E-state index contributed by atoms with van der Waals surface area (Å²) < 4.78 is 13.2. The fourth-order valence-electron chi connectivity index (χ4n) is 5.27. The van der Waals surface area contributed by atoms with E-state index in [4.69, 9.17) is 21.1 Å². The van der Waals surface area contributed by atoms with Crippen molar-refractivity contribution in [1.29, 1.82) is 0 Å². The Labute approximate surface area is 232 Å². The van der Waals surface area contributed by atoms with Gasteiger partial charge in [-0.2, -0.15) is 0 Å². The molecule has 4 aromatic rings. The summed E-state index contributed by atoms with van der Waals surface area (Å²) in [6, 6.07) is 7.64. The number of esters is 2. The third kappa shape index (κ3) is 3.94. The molecule has 0 saturated carbocycles. The van der Waals surface area contributed by atoms with Crippen molar-refractivity contribution in [2.45, 2.75) is 38.6 Å². The number of nitrogens with zero attached hydrogens (tertiary/aromatic N) is 4. The van der Waals surface area contributed by atoms with Gasteiger partial charge in [-0.05, 0) is 24.6 Å². The van der Waals surface area contributed by atoms with Crippen LogP contribution in [0.4, 0.5) is 5.69 Å². The second kappa shape index (κ2) is 9.23. The predicted molar refractivity (Wildman–Crippen MR) is 141 cm³/mol. The Kier molecular flexibility index (Phi) is 5.88. The van der Waals surface area contributed by atoms with Gasteiger partial charge in [-0.15, -0.1) is 0 Å². The molecule has 5 heterocycles. The Bertz CT molecular complexity index is 2030. The van der Waals surface area contributed by atoms with Gasteiger partial charge in [0.05, 0.1) is 39.3 Å². The fourth-order valence-corrected chi connectivity index (χ4v) is 5.43. The van der Waals surface area contributed by atoms with Crippen LogP contribution in [0.15, 0.2) is 50.9 Å². The first kappa shape index (κ1) is 26.1. The van der Waals surface area contributed by atoms with Crippen LogP contribution in [0.3, 0.4) is 0 Å². The molecule has 1 aromatic carbocycles. The number of carbonyl (C=O) groups excluding carboxylic acids is 2. The smallest absolute Gasteiger partial charge is 0.355 e. The lowest BCUT2D eigenvalue weighted by Crippen LogP contribution is -2.48. The third-order valence-electron chi connectivity index (χ3n) is 7.25. The van der Waals surface area contributed by atoms with Gasteiger partial charge in [0.25, 0.3) is 16.8 Å². The molecule has 1 N–H and O–H groups in total. The zero-order chi connectivity index (χ0) is 29.2. The van der Waals surface area contributed by atoms with Gasteiger partial charge in [0.15, 0.2) is 0 Å². The molecule has 6 rings (SSSR count). The normalized spacial score (nSPS) is 17.0. The average Bonchev–Trinajstić information content (AvgIpc) is 3.29. The Morgan fingerprint density at radius 1 is 1.27 bits per heavy atom. The van der Waals surface area contributed by atoms with Gasteiger partial charge >= 0.3 is 17.6 Å². The molecule has 41 heavy (non-hydrogen) atoms. The van der Waals surface area contributed by atoms with Crippen molar-refractivity contribution in [3.05, 3.63) is 99.5 Å². The molecule has 0 radical (unpaired) electrons. The molecular formula is C26H18ClN5O9. The number of aromatic amines is 1. The Hall–Kier alpha value is -5.11. The number of nitro groups is 1. The molecule has 0 unspecified atom stereocenters. The number of aromatic nitrogens is 4. The molecule has 15 heteroatoms. The largest absolute Gasteiger partial charge is 0.457 e. The SMILES string of the molecule is CC[C@@]1(OC(=O)Cn2cc(Cl)c(=O)[nH]c2=O)C(=O)OCc2c1cc1n(c2=O)Cc2cc3c([N+](=O)[O-])cccc3nc2-1. The van der Waals surface area contributed by atoms with Gasteiger partial charge in [-0.25, -0.2) is 14.6 Å².